The summed E-state index contributed by atoms with van der Waals surface area (Å²) in [5.74, 6) is 3.44. The molecular formula is C21H37IN4O3. The van der Waals surface area contributed by atoms with Crippen molar-refractivity contribution in [3.63, 3.8) is 0 Å². The number of nitrogens with one attached hydrogen (secondary N) is 2. The lowest BCUT2D eigenvalue weighted by atomic mass is 10.1. The van der Waals surface area contributed by atoms with Crippen LogP contribution >= 0.6 is 24.0 Å². The fourth-order valence-corrected chi connectivity index (χ4v) is 3.49. The Bertz CT molecular complexity index is 670. The van der Waals surface area contributed by atoms with Crippen molar-refractivity contribution in [1.29, 1.82) is 0 Å². The molecule has 7 nitrogen and oxygen atoms in total. The number of methoxy groups -OCH3 is 3. The predicted octanol–water partition coefficient (Wildman–Crippen LogP) is 3.11. The highest BCUT2D eigenvalue weighted by Crippen LogP contribution is 2.34. The van der Waals surface area contributed by atoms with Crippen LogP contribution in [0.3, 0.4) is 0 Å². The first-order chi connectivity index (χ1) is 13.4. The normalized spacial score (nSPS) is 19.7. The summed E-state index contributed by atoms with van der Waals surface area (Å²) in [6.45, 7) is 12.3. The second-order valence-electron chi connectivity index (χ2n) is 7.49. The van der Waals surface area contributed by atoms with Gasteiger partial charge in [0.1, 0.15) is 5.75 Å². The lowest BCUT2D eigenvalue weighted by Gasteiger charge is -2.22. The zero-order chi connectivity index (χ0) is 20.7. The van der Waals surface area contributed by atoms with E-state index in [1.165, 1.54) is 0 Å². The van der Waals surface area contributed by atoms with Gasteiger partial charge in [0.15, 0.2) is 17.5 Å². The summed E-state index contributed by atoms with van der Waals surface area (Å²) in [6, 6.07) is 4.70. The number of likely N-dealkylation sites (tertiary alicyclic amines) is 1. The lowest BCUT2D eigenvalue weighted by Crippen LogP contribution is -2.46. The van der Waals surface area contributed by atoms with Gasteiger partial charge in [-0.25, -0.2) is 4.99 Å². The van der Waals surface area contributed by atoms with Crippen LogP contribution in [0.15, 0.2) is 17.1 Å². The Balaban J connectivity index is 0.00000420. The van der Waals surface area contributed by atoms with Crippen molar-refractivity contribution in [3.8, 4) is 17.2 Å². The van der Waals surface area contributed by atoms with Crippen LogP contribution in [0.5, 0.6) is 17.2 Å². The molecule has 1 aliphatic rings. The van der Waals surface area contributed by atoms with Gasteiger partial charge in [0.05, 0.1) is 27.9 Å². The molecule has 1 fully saturated rings. The largest absolute Gasteiger partial charge is 0.496 e. The summed E-state index contributed by atoms with van der Waals surface area (Å²) >= 11 is 0. The van der Waals surface area contributed by atoms with Crippen molar-refractivity contribution in [2.75, 3.05) is 41.0 Å². The van der Waals surface area contributed by atoms with Crippen molar-refractivity contribution >= 4 is 29.9 Å². The highest BCUT2D eigenvalue weighted by Gasteiger charge is 2.31. The van der Waals surface area contributed by atoms with Gasteiger partial charge in [0.2, 0.25) is 0 Å². The maximum Gasteiger partial charge on any atom is 0.191 e. The highest BCUT2D eigenvalue weighted by molar-refractivity contribution is 14.0. The number of guanidine groups is 1. The molecule has 0 aliphatic carbocycles. The van der Waals surface area contributed by atoms with Crippen molar-refractivity contribution in [2.24, 2.45) is 10.9 Å². The predicted molar refractivity (Wildman–Crippen MR) is 129 cm³/mol. The van der Waals surface area contributed by atoms with Crippen molar-refractivity contribution in [1.82, 2.24) is 15.5 Å². The topological polar surface area (TPSA) is 67.4 Å². The van der Waals surface area contributed by atoms with E-state index < -0.39 is 0 Å². The van der Waals surface area contributed by atoms with E-state index in [1.54, 1.807) is 21.3 Å². The van der Waals surface area contributed by atoms with Crippen LogP contribution in [0.2, 0.25) is 0 Å². The van der Waals surface area contributed by atoms with Crippen molar-refractivity contribution < 1.29 is 14.2 Å². The summed E-state index contributed by atoms with van der Waals surface area (Å²) in [7, 11) is 4.90. The Morgan fingerprint density at radius 2 is 1.72 bits per heavy atom. The molecule has 1 aromatic carbocycles. The molecule has 29 heavy (non-hydrogen) atoms. The summed E-state index contributed by atoms with van der Waals surface area (Å²) < 4.78 is 16.3. The standard InChI is InChI=1S/C21H36N4O3.HI/c1-8-22-21(24-17-13-25(14(2)3)12-15(17)4)23-11-16-9-19(27-6)20(28-7)10-18(16)26-5;/h9-10,14-15,17H,8,11-13H2,1-7H3,(H2,22,23,24);1H. The molecule has 1 aromatic rings. The molecule has 2 atom stereocenters. The first kappa shape index (κ1) is 25.6. The summed E-state index contributed by atoms with van der Waals surface area (Å²) in [4.78, 5) is 7.29. The molecule has 1 saturated heterocycles. The molecule has 0 spiro atoms. The maximum atomic E-state index is 5.52. The summed E-state index contributed by atoms with van der Waals surface area (Å²) in [5, 5.41) is 6.97. The number of ether oxygens (including phenoxy) is 3. The molecule has 0 amide bonds. The van der Waals surface area contributed by atoms with Gasteiger partial charge >= 0.3 is 0 Å². The monoisotopic (exact) mass is 520 g/mol. The van der Waals surface area contributed by atoms with Crippen molar-refractivity contribution in [2.45, 2.75) is 46.3 Å². The van der Waals surface area contributed by atoms with Crippen LogP contribution < -0.4 is 24.8 Å². The molecule has 2 rings (SSSR count). The van der Waals surface area contributed by atoms with Crippen LogP contribution in [0.4, 0.5) is 0 Å². The number of aliphatic imine (C=N–C) groups is 1. The van der Waals surface area contributed by atoms with Gasteiger partial charge in [0, 0.05) is 43.3 Å². The highest BCUT2D eigenvalue weighted by atomic mass is 127. The van der Waals surface area contributed by atoms with E-state index in [4.69, 9.17) is 19.2 Å². The molecule has 1 heterocycles. The minimum atomic E-state index is 0. The van der Waals surface area contributed by atoms with E-state index in [0.717, 1.165) is 36.9 Å². The Morgan fingerprint density at radius 3 is 2.24 bits per heavy atom. The minimum Gasteiger partial charge on any atom is -0.496 e. The van der Waals surface area contributed by atoms with Crippen LogP contribution in [-0.4, -0.2) is 63.9 Å². The van der Waals surface area contributed by atoms with Gasteiger partial charge in [-0.3, -0.25) is 4.90 Å². The zero-order valence-electron chi connectivity index (χ0n) is 18.7. The van der Waals surface area contributed by atoms with Crippen LogP contribution in [0.25, 0.3) is 0 Å². The number of nitrogens with zero attached hydrogens (tertiary/aromatic N) is 2. The zero-order valence-corrected chi connectivity index (χ0v) is 21.1. The third-order valence-corrected chi connectivity index (χ3v) is 5.23. The van der Waals surface area contributed by atoms with Crippen LogP contribution in [-0.2, 0) is 6.54 Å². The van der Waals surface area contributed by atoms with Gasteiger partial charge in [-0.15, -0.1) is 24.0 Å². The molecule has 0 saturated carbocycles. The summed E-state index contributed by atoms with van der Waals surface area (Å²) in [5.41, 5.74) is 0.945. The van der Waals surface area contributed by atoms with E-state index >= 15 is 0 Å². The first-order valence-corrected chi connectivity index (χ1v) is 10.0. The molecule has 0 bridgehead atoms. The fraction of sp³-hybridized carbons (Fsp3) is 0.667. The number of hydrogen-bond acceptors (Lipinski definition) is 5. The van der Waals surface area contributed by atoms with Gasteiger partial charge in [0.25, 0.3) is 0 Å². The van der Waals surface area contributed by atoms with Gasteiger partial charge in [-0.2, -0.15) is 0 Å². The van der Waals surface area contributed by atoms with Gasteiger partial charge in [-0.05, 0) is 32.8 Å². The second-order valence-corrected chi connectivity index (χ2v) is 7.49. The Kier molecular flexibility index (Phi) is 10.9. The lowest BCUT2D eigenvalue weighted by molar-refractivity contribution is 0.265. The molecular weight excluding hydrogens is 483 g/mol. The maximum absolute atomic E-state index is 5.52. The second kappa shape index (κ2) is 12.3. The van der Waals surface area contributed by atoms with E-state index in [2.05, 4.69) is 43.2 Å². The smallest absolute Gasteiger partial charge is 0.191 e. The molecule has 0 aromatic heterocycles. The first-order valence-electron chi connectivity index (χ1n) is 10.0. The minimum absolute atomic E-state index is 0. The Hall–Kier alpha value is -1.42. The number of rotatable bonds is 8. The molecule has 1 aliphatic heterocycles. The number of benzene rings is 1. The van der Waals surface area contributed by atoms with E-state index in [-0.39, 0.29) is 24.0 Å². The molecule has 8 heteroatoms. The summed E-state index contributed by atoms with van der Waals surface area (Å²) in [6.07, 6.45) is 0. The van der Waals surface area contributed by atoms with Gasteiger partial charge in [-0.1, -0.05) is 6.92 Å². The molecule has 0 radical (unpaired) electrons. The van der Waals surface area contributed by atoms with Crippen molar-refractivity contribution in [3.05, 3.63) is 17.7 Å². The molecule has 2 unspecified atom stereocenters. The van der Waals surface area contributed by atoms with E-state index in [1.807, 2.05) is 12.1 Å². The van der Waals surface area contributed by atoms with E-state index in [0.29, 0.717) is 36.0 Å². The third kappa shape index (κ3) is 6.80. The Labute approximate surface area is 192 Å². The third-order valence-electron chi connectivity index (χ3n) is 5.23. The van der Waals surface area contributed by atoms with Crippen LogP contribution in [0.1, 0.15) is 33.3 Å². The van der Waals surface area contributed by atoms with E-state index in [9.17, 15) is 0 Å². The molecule has 2 N–H and O–H groups in total. The fourth-order valence-electron chi connectivity index (χ4n) is 3.49. The quantitative estimate of drug-likeness (QED) is 0.312. The number of halogens is 1. The number of hydrogen-bond donors (Lipinski definition) is 2. The van der Waals surface area contributed by atoms with Crippen LogP contribution in [0, 0.1) is 5.92 Å². The molecule has 166 valence electrons. The average Bonchev–Trinajstić information content (AvgIpc) is 3.06. The SMILES string of the molecule is CCNC(=NCc1cc(OC)c(OC)cc1OC)NC1CN(C(C)C)CC1C.I. The average molecular weight is 520 g/mol. The van der Waals surface area contributed by atoms with Gasteiger partial charge < -0.3 is 24.8 Å². The Morgan fingerprint density at radius 1 is 1.10 bits per heavy atom.